The van der Waals surface area contributed by atoms with Gasteiger partial charge in [-0.25, -0.2) is 0 Å². The predicted molar refractivity (Wildman–Crippen MR) is 66.1 cm³/mol. The van der Waals surface area contributed by atoms with E-state index in [1.807, 2.05) is 4.90 Å². The fourth-order valence-corrected chi connectivity index (χ4v) is 2.48. The fraction of sp³-hybridized carbons (Fsp3) is 0.400. The van der Waals surface area contributed by atoms with Crippen LogP contribution in [0.4, 0.5) is 11.4 Å². The Labute approximate surface area is 107 Å². The molecule has 0 aliphatic carbocycles. The normalized spacial score (nSPS) is 18.1. The predicted octanol–water partition coefficient (Wildman–Crippen LogP) is 0.997. The zero-order valence-electron chi connectivity index (χ0n) is 9.02. The maximum atomic E-state index is 11.2. The first-order valence-electron chi connectivity index (χ1n) is 5.10. The van der Waals surface area contributed by atoms with Gasteiger partial charge in [-0.2, -0.15) is 0 Å². The van der Waals surface area contributed by atoms with Crippen molar-refractivity contribution in [3.8, 4) is 0 Å². The molecular weight excluding hydrogens is 264 g/mol. The van der Waals surface area contributed by atoms with Gasteiger partial charge in [0.2, 0.25) is 0 Å². The van der Waals surface area contributed by atoms with Crippen molar-refractivity contribution in [3.05, 3.63) is 17.2 Å². The Morgan fingerprint density at radius 1 is 1.41 bits per heavy atom. The molecule has 2 N–H and O–H groups in total. The van der Waals surface area contributed by atoms with Crippen molar-refractivity contribution in [3.63, 3.8) is 0 Å². The molecule has 1 aliphatic rings. The Kier molecular flexibility index (Phi) is 3.88. The van der Waals surface area contributed by atoms with Gasteiger partial charge in [-0.05, 0) is 23.2 Å². The van der Waals surface area contributed by atoms with Crippen molar-refractivity contribution in [1.29, 1.82) is 0 Å². The molecule has 0 spiro atoms. The Morgan fingerprint density at radius 3 is 2.65 bits per heavy atom. The van der Waals surface area contributed by atoms with E-state index in [0.717, 1.165) is 0 Å². The number of hydrogen-bond donors (Lipinski definition) is 1. The van der Waals surface area contributed by atoms with E-state index in [1.165, 1.54) is 6.07 Å². The maximum Gasteiger partial charge on any atom is 0.0656 e. The molecule has 0 aromatic heterocycles. The summed E-state index contributed by atoms with van der Waals surface area (Å²) >= 11 is 3.59. The van der Waals surface area contributed by atoms with Crippen LogP contribution in [0.1, 0.15) is 0 Å². The van der Waals surface area contributed by atoms with Crippen LogP contribution in [0.3, 0.4) is 0 Å². The van der Waals surface area contributed by atoms with Gasteiger partial charge in [0.15, 0.2) is 0 Å². The number of nitrogen functional groups attached to an aromatic ring is 1. The lowest BCUT2D eigenvalue weighted by molar-refractivity contribution is 0.122. The summed E-state index contributed by atoms with van der Waals surface area (Å²) in [6.07, 6.45) is 0. The second-order valence-electron chi connectivity index (χ2n) is 3.68. The highest BCUT2D eigenvalue weighted by molar-refractivity contribution is 7.79. The second kappa shape index (κ2) is 5.22. The number of nitrogens with two attached hydrogens (primary N) is 1. The molecule has 94 valence electrons. The highest BCUT2D eigenvalue weighted by atomic mass is 35.5. The summed E-state index contributed by atoms with van der Waals surface area (Å²) in [4.78, 5) is 2.11. The lowest BCUT2D eigenvalue weighted by Gasteiger charge is -2.31. The Hall–Kier alpha value is -0.820. The van der Waals surface area contributed by atoms with Crippen LogP contribution in [0.2, 0.25) is 5.02 Å². The van der Waals surface area contributed by atoms with E-state index in [0.29, 0.717) is 37.0 Å². The minimum atomic E-state index is -2.33. The van der Waals surface area contributed by atoms with Gasteiger partial charge < -0.3 is 19.9 Å². The SMILES string of the molecule is Nc1cc(S(=O)[O-])c(N2CCOCC2)cc1Cl. The number of ether oxygens (including phenoxy) is 1. The van der Waals surface area contributed by atoms with Crippen molar-refractivity contribution < 1.29 is 13.5 Å². The molecule has 7 heteroatoms. The van der Waals surface area contributed by atoms with E-state index in [1.54, 1.807) is 6.07 Å². The van der Waals surface area contributed by atoms with Crippen LogP contribution < -0.4 is 10.6 Å². The zero-order chi connectivity index (χ0) is 12.4. The molecule has 1 atom stereocenters. The highest BCUT2D eigenvalue weighted by Crippen LogP contribution is 2.32. The number of halogens is 1. The highest BCUT2D eigenvalue weighted by Gasteiger charge is 2.17. The van der Waals surface area contributed by atoms with Crippen molar-refractivity contribution in [1.82, 2.24) is 0 Å². The molecule has 1 aliphatic heterocycles. The molecule has 2 rings (SSSR count). The van der Waals surface area contributed by atoms with Crippen molar-refractivity contribution >= 4 is 34.1 Å². The van der Waals surface area contributed by atoms with E-state index in [9.17, 15) is 8.76 Å². The quantitative estimate of drug-likeness (QED) is 0.643. The average Bonchev–Trinajstić information content (AvgIpc) is 2.33. The molecule has 0 saturated carbocycles. The third-order valence-electron chi connectivity index (χ3n) is 2.61. The topological polar surface area (TPSA) is 78.6 Å². The number of nitrogens with zero attached hydrogens (tertiary/aromatic N) is 1. The molecule has 1 aromatic rings. The summed E-state index contributed by atoms with van der Waals surface area (Å²) in [6, 6.07) is 2.98. The first-order chi connectivity index (χ1) is 8.09. The van der Waals surface area contributed by atoms with E-state index in [4.69, 9.17) is 22.1 Å². The van der Waals surface area contributed by atoms with Crippen molar-refractivity contribution in [2.45, 2.75) is 4.90 Å². The number of rotatable bonds is 2. The molecule has 0 bridgehead atoms. The van der Waals surface area contributed by atoms with Gasteiger partial charge in [0, 0.05) is 13.1 Å². The summed E-state index contributed by atoms with van der Waals surface area (Å²) in [5.41, 5.74) is 6.46. The maximum absolute atomic E-state index is 11.2. The second-order valence-corrected chi connectivity index (χ2v) is 4.99. The monoisotopic (exact) mass is 275 g/mol. The van der Waals surface area contributed by atoms with Gasteiger partial charge >= 0.3 is 0 Å². The number of anilines is 2. The molecule has 1 unspecified atom stereocenters. The zero-order valence-corrected chi connectivity index (χ0v) is 10.6. The smallest absolute Gasteiger partial charge is 0.0656 e. The Bertz CT molecular complexity index is 449. The van der Waals surface area contributed by atoms with Crippen LogP contribution in [0.5, 0.6) is 0 Å². The standard InChI is InChI=1S/C10H13ClN2O3S/c11-7-5-9(13-1-3-16-4-2-13)10(17(14)15)6-8(7)12/h5-6H,1-4,12H2,(H,14,15)/p-1. The summed E-state index contributed by atoms with van der Waals surface area (Å²) in [7, 11) is 0. The van der Waals surface area contributed by atoms with Gasteiger partial charge in [0.1, 0.15) is 0 Å². The molecule has 1 saturated heterocycles. The van der Waals surface area contributed by atoms with Crippen molar-refractivity contribution in [2.24, 2.45) is 0 Å². The van der Waals surface area contributed by atoms with Crippen LogP contribution in [0, 0.1) is 0 Å². The average molecular weight is 276 g/mol. The Morgan fingerprint density at radius 2 is 2.06 bits per heavy atom. The van der Waals surface area contributed by atoms with Crippen LogP contribution in [0.15, 0.2) is 17.0 Å². The molecular formula is C10H12ClN2O3S-. The molecule has 0 radical (unpaired) electrons. The largest absolute Gasteiger partial charge is 0.768 e. The van der Waals surface area contributed by atoms with Crippen molar-refractivity contribution in [2.75, 3.05) is 36.9 Å². The van der Waals surface area contributed by atoms with Gasteiger partial charge in [-0.15, -0.1) is 0 Å². The number of hydrogen-bond acceptors (Lipinski definition) is 5. The van der Waals surface area contributed by atoms with Gasteiger partial charge in [0.25, 0.3) is 0 Å². The number of benzene rings is 1. The lowest BCUT2D eigenvalue weighted by Crippen LogP contribution is -2.36. The third kappa shape index (κ3) is 2.71. The fourth-order valence-electron chi connectivity index (χ4n) is 1.74. The first kappa shape index (κ1) is 12.6. The van der Waals surface area contributed by atoms with E-state index < -0.39 is 11.1 Å². The van der Waals surface area contributed by atoms with Gasteiger partial charge in [0.05, 0.1) is 34.5 Å². The van der Waals surface area contributed by atoms with E-state index >= 15 is 0 Å². The molecule has 1 fully saturated rings. The molecule has 0 amide bonds. The summed E-state index contributed by atoms with van der Waals surface area (Å²) < 4.78 is 27.6. The minimum Gasteiger partial charge on any atom is -0.768 e. The van der Waals surface area contributed by atoms with Gasteiger partial charge in [-0.1, -0.05) is 11.6 Å². The van der Waals surface area contributed by atoms with Crippen LogP contribution in [0.25, 0.3) is 0 Å². The van der Waals surface area contributed by atoms with Crippen LogP contribution in [-0.4, -0.2) is 35.1 Å². The Balaban J connectivity index is 2.42. The lowest BCUT2D eigenvalue weighted by atomic mass is 10.2. The third-order valence-corrected chi connectivity index (χ3v) is 3.62. The number of morpholine rings is 1. The van der Waals surface area contributed by atoms with E-state index in [-0.39, 0.29) is 10.6 Å². The minimum absolute atomic E-state index is 0.175. The molecule has 1 heterocycles. The summed E-state index contributed by atoms with van der Waals surface area (Å²) in [5, 5.41) is 0.362. The van der Waals surface area contributed by atoms with Crippen LogP contribution in [-0.2, 0) is 15.8 Å². The van der Waals surface area contributed by atoms with Crippen LogP contribution >= 0.6 is 11.6 Å². The molecule has 17 heavy (non-hydrogen) atoms. The molecule has 5 nitrogen and oxygen atoms in total. The van der Waals surface area contributed by atoms with E-state index in [2.05, 4.69) is 0 Å². The summed E-state index contributed by atoms with van der Waals surface area (Å²) in [5.74, 6) is 0. The van der Waals surface area contributed by atoms with Gasteiger partial charge in [-0.3, -0.25) is 4.21 Å². The first-order valence-corrected chi connectivity index (χ1v) is 6.56. The summed E-state index contributed by atoms with van der Waals surface area (Å²) in [6.45, 7) is 2.44. The molecule has 1 aromatic carbocycles.